The van der Waals surface area contributed by atoms with Crippen molar-refractivity contribution in [2.24, 2.45) is 5.10 Å². The summed E-state index contributed by atoms with van der Waals surface area (Å²) in [5.41, 5.74) is 3.40. The molecule has 0 unspecified atom stereocenters. The SMILES string of the molecule is CCOc1ccccc1/C=N\NC(=O)CNC1CCCCC1. The van der Waals surface area contributed by atoms with Gasteiger partial charge in [0.2, 0.25) is 0 Å². The number of rotatable bonds is 7. The van der Waals surface area contributed by atoms with E-state index < -0.39 is 0 Å². The summed E-state index contributed by atoms with van der Waals surface area (Å²) in [5, 5.41) is 7.29. The predicted octanol–water partition coefficient (Wildman–Crippen LogP) is 2.46. The highest BCUT2D eigenvalue weighted by Crippen LogP contribution is 2.17. The Morgan fingerprint density at radius 3 is 2.86 bits per heavy atom. The second kappa shape index (κ2) is 9.20. The Balaban J connectivity index is 1.75. The van der Waals surface area contributed by atoms with Gasteiger partial charge in [0, 0.05) is 11.6 Å². The minimum absolute atomic E-state index is 0.115. The lowest BCUT2D eigenvalue weighted by molar-refractivity contribution is -0.120. The van der Waals surface area contributed by atoms with Gasteiger partial charge < -0.3 is 10.1 Å². The molecule has 1 aliphatic carbocycles. The summed E-state index contributed by atoms with van der Waals surface area (Å²) in [6, 6.07) is 8.09. The van der Waals surface area contributed by atoms with Crippen molar-refractivity contribution >= 4 is 12.1 Å². The highest BCUT2D eigenvalue weighted by molar-refractivity contribution is 5.85. The Bertz CT molecular complexity index is 496. The Morgan fingerprint density at radius 1 is 1.32 bits per heavy atom. The van der Waals surface area contributed by atoms with Crippen LogP contribution in [0.4, 0.5) is 0 Å². The standard InChI is InChI=1S/C17H25N3O2/c1-2-22-16-11-7-6-8-14(16)12-19-20-17(21)13-18-15-9-4-3-5-10-15/h6-8,11-12,15,18H,2-5,9-10,13H2,1H3,(H,20,21)/b19-12-. The fraction of sp³-hybridized carbons (Fsp3) is 0.529. The van der Waals surface area contributed by atoms with Gasteiger partial charge in [0.1, 0.15) is 5.75 Å². The molecule has 0 saturated heterocycles. The molecule has 120 valence electrons. The summed E-state index contributed by atoms with van der Waals surface area (Å²) >= 11 is 0. The van der Waals surface area contributed by atoms with E-state index in [1.807, 2.05) is 31.2 Å². The molecule has 1 aliphatic rings. The monoisotopic (exact) mass is 303 g/mol. The van der Waals surface area contributed by atoms with E-state index in [1.54, 1.807) is 6.21 Å². The number of hydrogen-bond donors (Lipinski definition) is 2. The zero-order valence-electron chi connectivity index (χ0n) is 13.2. The van der Waals surface area contributed by atoms with Gasteiger partial charge in [0.15, 0.2) is 0 Å². The third kappa shape index (κ3) is 5.48. The summed E-state index contributed by atoms with van der Waals surface area (Å²) in [6.45, 7) is 2.85. The van der Waals surface area contributed by atoms with E-state index in [0.29, 0.717) is 19.2 Å². The number of hydrogen-bond acceptors (Lipinski definition) is 4. The lowest BCUT2D eigenvalue weighted by atomic mass is 9.95. The van der Waals surface area contributed by atoms with Crippen molar-refractivity contribution in [3.63, 3.8) is 0 Å². The molecule has 5 heteroatoms. The molecule has 5 nitrogen and oxygen atoms in total. The number of benzene rings is 1. The molecule has 0 aliphatic heterocycles. The molecule has 1 aromatic carbocycles. The smallest absolute Gasteiger partial charge is 0.254 e. The number of amides is 1. The molecule has 0 bridgehead atoms. The first-order valence-electron chi connectivity index (χ1n) is 8.06. The second-order valence-electron chi connectivity index (χ2n) is 5.48. The van der Waals surface area contributed by atoms with Gasteiger partial charge in [0.05, 0.1) is 19.4 Å². The molecule has 1 amide bonds. The third-order valence-corrected chi connectivity index (χ3v) is 3.77. The van der Waals surface area contributed by atoms with Gasteiger partial charge in [-0.1, -0.05) is 31.4 Å². The summed E-state index contributed by atoms with van der Waals surface area (Å²) in [4.78, 5) is 11.8. The van der Waals surface area contributed by atoms with Crippen molar-refractivity contribution in [1.29, 1.82) is 0 Å². The van der Waals surface area contributed by atoms with Crippen molar-refractivity contribution in [2.45, 2.75) is 45.1 Å². The molecule has 2 rings (SSSR count). The summed E-state index contributed by atoms with van der Waals surface area (Å²) in [7, 11) is 0. The highest BCUT2D eigenvalue weighted by atomic mass is 16.5. The van der Waals surface area contributed by atoms with Crippen LogP contribution in [0.5, 0.6) is 5.75 Å². The molecular formula is C17H25N3O2. The maximum absolute atomic E-state index is 11.8. The molecule has 0 radical (unpaired) electrons. The van der Waals surface area contributed by atoms with E-state index in [2.05, 4.69) is 15.8 Å². The van der Waals surface area contributed by atoms with Crippen molar-refractivity contribution in [3.8, 4) is 5.75 Å². The Hall–Kier alpha value is -1.88. The van der Waals surface area contributed by atoms with Crippen LogP contribution in [0, 0.1) is 0 Å². The molecular weight excluding hydrogens is 278 g/mol. The minimum atomic E-state index is -0.115. The average molecular weight is 303 g/mol. The zero-order valence-corrected chi connectivity index (χ0v) is 13.2. The summed E-state index contributed by atoms with van der Waals surface area (Å²) in [5.74, 6) is 0.652. The van der Waals surface area contributed by atoms with Crippen molar-refractivity contribution in [2.75, 3.05) is 13.2 Å². The Kier molecular flexibility index (Phi) is 6.90. The lowest BCUT2D eigenvalue weighted by Crippen LogP contribution is -2.38. The van der Waals surface area contributed by atoms with Crippen LogP contribution in [0.1, 0.15) is 44.6 Å². The maximum Gasteiger partial charge on any atom is 0.254 e. The first-order valence-corrected chi connectivity index (χ1v) is 8.06. The number of para-hydroxylation sites is 1. The van der Waals surface area contributed by atoms with Gasteiger partial charge in [0.25, 0.3) is 5.91 Å². The van der Waals surface area contributed by atoms with E-state index >= 15 is 0 Å². The second-order valence-corrected chi connectivity index (χ2v) is 5.48. The van der Waals surface area contributed by atoms with Crippen LogP contribution in [0.2, 0.25) is 0 Å². The molecule has 1 aromatic rings. The fourth-order valence-electron chi connectivity index (χ4n) is 2.63. The molecule has 0 heterocycles. The number of hydrazone groups is 1. The van der Waals surface area contributed by atoms with Crippen molar-refractivity contribution in [1.82, 2.24) is 10.7 Å². The molecule has 0 atom stereocenters. The average Bonchev–Trinajstić information content (AvgIpc) is 2.56. The van der Waals surface area contributed by atoms with E-state index in [9.17, 15) is 4.79 Å². The summed E-state index contributed by atoms with van der Waals surface area (Å²) < 4.78 is 5.51. The van der Waals surface area contributed by atoms with E-state index in [4.69, 9.17) is 4.74 Å². The van der Waals surface area contributed by atoms with Crippen LogP contribution in [-0.4, -0.2) is 31.3 Å². The molecule has 1 saturated carbocycles. The number of nitrogens with zero attached hydrogens (tertiary/aromatic N) is 1. The van der Waals surface area contributed by atoms with E-state index in [0.717, 1.165) is 24.2 Å². The van der Waals surface area contributed by atoms with Crippen molar-refractivity contribution in [3.05, 3.63) is 29.8 Å². The number of nitrogens with one attached hydrogen (secondary N) is 2. The van der Waals surface area contributed by atoms with Gasteiger partial charge >= 0.3 is 0 Å². The number of carbonyl (C=O) groups excluding carboxylic acids is 1. The van der Waals surface area contributed by atoms with Crippen LogP contribution in [0.25, 0.3) is 0 Å². The maximum atomic E-state index is 11.8. The molecule has 2 N–H and O–H groups in total. The molecule has 1 fully saturated rings. The minimum Gasteiger partial charge on any atom is -0.493 e. The number of carbonyl (C=O) groups is 1. The van der Waals surface area contributed by atoms with Gasteiger partial charge in [-0.25, -0.2) is 5.43 Å². The van der Waals surface area contributed by atoms with E-state index in [1.165, 1.54) is 19.3 Å². The van der Waals surface area contributed by atoms with Gasteiger partial charge in [-0.15, -0.1) is 0 Å². The van der Waals surface area contributed by atoms with Crippen LogP contribution in [-0.2, 0) is 4.79 Å². The topological polar surface area (TPSA) is 62.7 Å². The fourth-order valence-corrected chi connectivity index (χ4v) is 2.63. The van der Waals surface area contributed by atoms with Gasteiger partial charge in [-0.2, -0.15) is 5.10 Å². The van der Waals surface area contributed by atoms with Crippen LogP contribution >= 0.6 is 0 Å². The predicted molar refractivity (Wildman–Crippen MR) is 88.2 cm³/mol. The van der Waals surface area contributed by atoms with Crippen LogP contribution < -0.4 is 15.5 Å². The lowest BCUT2D eigenvalue weighted by Gasteiger charge is -2.22. The molecule has 0 spiro atoms. The Labute approximate surface area is 132 Å². The zero-order chi connectivity index (χ0) is 15.6. The van der Waals surface area contributed by atoms with Crippen molar-refractivity contribution < 1.29 is 9.53 Å². The first-order chi connectivity index (χ1) is 10.8. The van der Waals surface area contributed by atoms with Gasteiger partial charge in [-0.05, 0) is 31.9 Å². The first kappa shape index (κ1) is 16.5. The van der Waals surface area contributed by atoms with E-state index in [-0.39, 0.29) is 5.91 Å². The number of ether oxygens (including phenoxy) is 1. The quantitative estimate of drug-likeness (QED) is 0.601. The van der Waals surface area contributed by atoms with Crippen LogP contribution in [0.3, 0.4) is 0 Å². The largest absolute Gasteiger partial charge is 0.493 e. The normalized spacial score (nSPS) is 15.9. The Morgan fingerprint density at radius 2 is 2.09 bits per heavy atom. The van der Waals surface area contributed by atoms with Crippen LogP contribution in [0.15, 0.2) is 29.4 Å². The molecule has 22 heavy (non-hydrogen) atoms. The molecule has 0 aromatic heterocycles. The highest BCUT2D eigenvalue weighted by Gasteiger charge is 2.13. The van der Waals surface area contributed by atoms with Gasteiger partial charge in [-0.3, -0.25) is 4.79 Å². The third-order valence-electron chi connectivity index (χ3n) is 3.77. The summed E-state index contributed by atoms with van der Waals surface area (Å²) in [6.07, 6.45) is 7.77.